The van der Waals surface area contributed by atoms with Gasteiger partial charge in [-0.15, -0.1) is 0 Å². The highest BCUT2D eigenvalue weighted by molar-refractivity contribution is 6.06. The van der Waals surface area contributed by atoms with Crippen molar-refractivity contribution in [1.29, 1.82) is 5.26 Å². The number of carbonyl (C=O) groups is 1. The zero-order valence-electron chi connectivity index (χ0n) is 13.9. The summed E-state index contributed by atoms with van der Waals surface area (Å²) in [5.74, 6) is -0.223. The lowest BCUT2D eigenvalue weighted by molar-refractivity contribution is 0.102. The van der Waals surface area contributed by atoms with E-state index in [4.69, 9.17) is 9.68 Å². The van der Waals surface area contributed by atoms with Gasteiger partial charge >= 0.3 is 0 Å². The number of furan rings is 1. The average Bonchev–Trinajstić information content (AvgIpc) is 3.30. The minimum atomic E-state index is -0.223. The smallest absolute Gasteiger partial charge is 0.255 e. The number of nitrogens with one attached hydrogen (secondary N) is 2. The summed E-state index contributed by atoms with van der Waals surface area (Å²) in [4.78, 5) is 12.6. The molecular formula is C20H14N4O2. The number of aromatic amines is 1. The molecule has 0 saturated heterocycles. The maximum atomic E-state index is 12.6. The Morgan fingerprint density at radius 1 is 1.23 bits per heavy atom. The second-order valence-electron chi connectivity index (χ2n) is 5.94. The van der Waals surface area contributed by atoms with Crippen molar-refractivity contribution in [2.24, 2.45) is 0 Å². The molecule has 0 bridgehead atoms. The van der Waals surface area contributed by atoms with Crippen LogP contribution in [-0.4, -0.2) is 16.1 Å². The van der Waals surface area contributed by atoms with Crippen molar-refractivity contribution in [3.05, 3.63) is 71.7 Å². The molecule has 0 fully saturated rings. The standard InChI is InChI=1S/C20H14N4O2/c1-12-8-13(10-21)2-4-16(12)20(25)22-15-3-5-18-17(9-15)19(24-23-18)14-6-7-26-11-14/h2-9,11H,1H3,(H,22,25)(H,23,24). The van der Waals surface area contributed by atoms with Crippen LogP contribution in [0.2, 0.25) is 0 Å². The molecule has 1 amide bonds. The minimum absolute atomic E-state index is 0.223. The van der Waals surface area contributed by atoms with Crippen molar-refractivity contribution in [1.82, 2.24) is 10.2 Å². The van der Waals surface area contributed by atoms with Gasteiger partial charge in [-0.05, 0) is 55.0 Å². The summed E-state index contributed by atoms with van der Waals surface area (Å²) in [6.07, 6.45) is 3.22. The molecule has 26 heavy (non-hydrogen) atoms. The van der Waals surface area contributed by atoms with Gasteiger partial charge in [-0.3, -0.25) is 9.89 Å². The Morgan fingerprint density at radius 3 is 2.85 bits per heavy atom. The van der Waals surface area contributed by atoms with E-state index < -0.39 is 0 Å². The SMILES string of the molecule is Cc1cc(C#N)ccc1C(=O)Nc1ccc2[nH]nc(-c3ccoc3)c2c1. The summed E-state index contributed by atoms with van der Waals surface area (Å²) in [5, 5.41) is 20.0. The number of anilines is 1. The second kappa shape index (κ2) is 6.22. The number of fused-ring (bicyclic) bond motifs is 1. The molecule has 6 nitrogen and oxygen atoms in total. The van der Waals surface area contributed by atoms with Crippen LogP contribution in [0.1, 0.15) is 21.5 Å². The molecule has 0 aliphatic heterocycles. The average molecular weight is 342 g/mol. The van der Waals surface area contributed by atoms with Gasteiger partial charge in [0.1, 0.15) is 5.69 Å². The first-order chi connectivity index (χ1) is 12.7. The molecule has 126 valence electrons. The first-order valence-electron chi connectivity index (χ1n) is 7.98. The number of amides is 1. The Hall–Kier alpha value is -3.85. The zero-order valence-corrected chi connectivity index (χ0v) is 13.9. The number of rotatable bonds is 3. The molecule has 0 atom stereocenters. The fourth-order valence-corrected chi connectivity index (χ4v) is 2.90. The molecule has 4 aromatic rings. The van der Waals surface area contributed by atoms with Crippen molar-refractivity contribution < 1.29 is 9.21 Å². The molecule has 0 unspecified atom stereocenters. The normalized spacial score (nSPS) is 10.6. The number of benzene rings is 2. The molecule has 0 aliphatic rings. The van der Waals surface area contributed by atoms with Gasteiger partial charge in [-0.25, -0.2) is 0 Å². The van der Waals surface area contributed by atoms with E-state index in [-0.39, 0.29) is 5.91 Å². The van der Waals surface area contributed by atoms with Gasteiger partial charge in [0.2, 0.25) is 0 Å². The van der Waals surface area contributed by atoms with E-state index in [1.54, 1.807) is 30.7 Å². The van der Waals surface area contributed by atoms with Crippen LogP contribution in [0, 0.1) is 18.3 Å². The molecule has 2 aromatic carbocycles. The van der Waals surface area contributed by atoms with E-state index in [1.165, 1.54) is 0 Å². The third-order valence-electron chi connectivity index (χ3n) is 4.22. The van der Waals surface area contributed by atoms with E-state index in [0.29, 0.717) is 16.8 Å². The highest BCUT2D eigenvalue weighted by Crippen LogP contribution is 2.29. The first-order valence-corrected chi connectivity index (χ1v) is 7.98. The van der Waals surface area contributed by atoms with E-state index in [0.717, 1.165) is 27.7 Å². The Morgan fingerprint density at radius 2 is 2.12 bits per heavy atom. The Labute approximate surface area is 149 Å². The summed E-state index contributed by atoms with van der Waals surface area (Å²) >= 11 is 0. The molecular weight excluding hydrogens is 328 g/mol. The zero-order chi connectivity index (χ0) is 18.1. The number of aryl methyl sites for hydroxylation is 1. The predicted molar refractivity (Wildman–Crippen MR) is 97.6 cm³/mol. The van der Waals surface area contributed by atoms with Gasteiger partial charge in [-0.1, -0.05) is 0 Å². The lowest BCUT2D eigenvalue weighted by Crippen LogP contribution is -2.13. The highest BCUT2D eigenvalue weighted by atomic mass is 16.3. The molecule has 2 aromatic heterocycles. The van der Waals surface area contributed by atoms with Gasteiger partial charge in [0.05, 0.1) is 29.7 Å². The van der Waals surface area contributed by atoms with E-state index >= 15 is 0 Å². The Balaban J connectivity index is 1.66. The second-order valence-corrected chi connectivity index (χ2v) is 5.94. The van der Waals surface area contributed by atoms with Crippen LogP contribution in [0.3, 0.4) is 0 Å². The maximum Gasteiger partial charge on any atom is 0.255 e. The van der Waals surface area contributed by atoms with Gasteiger partial charge in [0, 0.05) is 22.2 Å². The number of nitrogens with zero attached hydrogens (tertiary/aromatic N) is 2. The molecule has 0 saturated carbocycles. The maximum absolute atomic E-state index is 12.6. The summed E-state index contributed by atoms with van der Waals surface area (Å²) in [5.41, 5.74) is 4.98. The van der Waals surface area contributed by atoms with Crippen LogP contribution in [-0.2, 0) is 0 Å². The van der Waals surface area contributed by atoms with Gasteiger partial charge in [0.25, 0.3) is 5.91 Å². The summed E-state index contributed by atoms with van der Waals surface area (Å²) < 4.78 is 5.13. The molecule has 0 aliphatic carbocycles. The fourth-order valence-electron chi connectivity index (χ4n) is 2.90. The molecule has 0 spiro atoms. The monoisotopic (exact) mass is 342 g/mol. The van der Waals surface area contributed by atoms with Gasteiger partial charge < -0.3 is 9.73 Å². The Bertz CT molecular complexity index is 1150. The van der Waals surface area contributed by atoms with Crippen molar-refractivity contribution in [3.8, 4) is 17.3 Å². The first kappa shape index (κ1) is 15.7. The van der Waals surface area contributed by atoms with Crippen LogP contribution in [0.5, 0.6) is 0 Å². The molecule has 4 rings (SSSR count). The van der Waals surface area contributed by atoms with Crippen LogP contribution in [0.4, 0.5) is 5.69 Å². The van der Waals surface area contributed by atoms with Crippen molar-refractivity contribution in [3.63, 3.8) is 0 Å². The molecule has 2 N–H and O–H groups in total. The number of nitriles is 1. The number of carbonyl (C=O) groups excluding carboxylic acids is 1. The number of hydrogen-bond donors (Lipinski definition) is 2. The summed E-state index contributed by atoms with van der Waals surface area (Å²) in [6, 6.07) is 14.5. The fraction of sp³-hybridized carbons (Fsp3) is 0.0500. The third-order valence-corrected chi connectivity index (χ3v) is 4.22. The van der Waals surface area contributed by atoms with Crippen molar-refractivity contribution in [2.75, 3.05) is 5.32 Å². The number of hydrogen-bond acceptors (Lipinski definition) is 4. The molecule has 6 heteroatoms. The summed E-state index contributed by atoms with van der Waals surface area (Å²) in [6.45, 7) is 1.81. The number of H-pyrrole nitrogens is 1. The van der Waals surface area contributed by atoms with E-state index in [9.17, 15) is 4.79 Å². The quantitative estimate of drug-likeness (QED) is 0.582. The third kappa shape index (κ3) is 2.72. The Kier molecular flexibility index (Phi) is 3.75. The van der Waals surface area contributed by atoms with Crippen LogP contribution in [0.25, 0.3) is 22.2 Å². The molecule has 0 radical (unpaired) electrons. The van der Waals surface area contributed by atoms with Gasteiger partial charge in [-0.2, -0.15) is 10.4 Å². The van der Waals surface area contributed by atoms with E-state index in [2.05, 4.69) is 21.6 Å². The van der Waals surface area contributed by atoms with Crippen LogP contribution < -0.4 is 5.32 Å². The topological polar surface area (TPSA) is 94.7 Å². The van der Waals surface area contributed by atoms with Gasteiger partial charge in [0.15, 0.2) is 0 Å². The number of aromatic nitrogens is 2. The van der Waals surface area contributed by atoms with Crippen molar-refractivity contribution in [2.45, 2.75) is 6.92 Å². The summed E-state index contributed by atoms with van der Waals surface area (Å²) in [7, 11) is 0. The van der Waals surface area contributed by atoms with Crippen LogP contribution >= 0.6 is 0 Å². The van der Waals surface area contributed by atoms with Crippen LogP contribution in [0.15, 0.2) is 59.4 Å². The largest absolute Gasteiger partial charge is 0.472 e. The predicted octanol–water partition coefficient (Wildman–Crippen LogP) is 4.26. The van der Waals surface area contributed by atoms with Crippen molar-refractivity contribution >= 4 is 22.5 Å². The highest BCUT2D eigenvalue weighted by Gasteiger charge is 2.13. The lowest BCUT2D eigenvalue weighted by Gasteiger charge is -2.08. The molecule has 2 heterocycles. The lowest BCUT2D eigenvalue weighted by atomic mass is 10.0. The minimum Gasteiger partial charge on any atom is -0.472 e. The van der Waals surface area contributed by atoms with E-state index in [1.807, 2.05) is 31.2 Å².